The Labute approximate surface area is 321 Å². The summed E-state index contributed by atoms with van der Waals surface area (Å²) in [6.07, 6.45) is 1.54. The number of nitro benzene ring substituents is 1. The van der Waals surface area contributed by atoms with Gasteiger partial charge >= 0.3 is 23.8 Å². The zero-order chi connectivity index (χ0) is 40.6. The number of ether oxygens (including phenoxy) is 1. The number of benzene rings is 4. The molecule has 10 nitrogen and oxygen atoms in total. The zero-order valence-electron chi connectivity index (χ0n) is 31.6. The van der Waals surface area contributed by atoms with Crippen molar-refractivity contribution in [3.8, 4) is 28.3 Å². The van der Waals surface area contributed by atoms with Gasteiger partial charge in [-0.3, -0.25) is 10.1 Å². The molecule has 1 saturated carbocycles. The van der Waals surface area contributed by atoms with Gasteiger partial charge in [0.15, 0.2) is 12.4 Å². The van der Waals surface area contributed by atoms with Gasteiger partial charge in [-0.2, -0.15) is 13.2 Å². The standard InChI is InChI=1S/C41H43N3O5.C2HF3O2/c1-25(2)27-11-15-32-28(21-27)13-18-36-40(3,19-8-20-41(32,36)4)23-31-30(26-9-6-5-7-10-26)14-16-33-38(31)43-39(42-33)29-12-17-34(44(47)48)35(22-29)49-24-37(45)46;3-2(4,5)1(6)7/h5-7,9-12,14-17,21-22,25,36H,8,13,18-20,23-24H2,1-4H3,(H,42,43)(H,45,46);(H,6,7)/t36-,40+,41+;/m0./s1. The number of nitro groups is 1. The Hall–Kier alpha value is -5.72. The molecule has 3 N–H and O–H groups in total. The van der Waals surface area contributed by atoms with E-state index < -0.39 is 29.6 Å². The number of carbonyl (C=O) groups is 2. The van der Waals surface area contributed by atoms with Gasteiger partial charge < -0.3 is 19.9 Å². The van der Waals surface area contributed by atoms with Crippen molar-refractivity contribution >= 4 is 28.7 Å². The number of alkyl halides is 3. The van der Waals surface area contributed by atoms with Crippen molar-refractivity contribution in [2.24, 2.45) is 11.3 Å². The van der Waals surface area contributed by atoms with Crippen LogP contribution in [0.1, 0.15) is 81.5 Å². The molecule has 0 spiro atoms. The van der Waals surface area contributed by atoms with Crippen molar-refractivity contribution in [2.45, 2.75) is 83.7 Å². The smallest absolute Gasteiger partial charge is 0.479 e. The van der Waals surface area contributed by atoms with Gasteiger partial charge in [0.05, 0.1) is 16.0 Å². The van der Waals surface area contributed by atoms with E-state index in [4.69, 9.17) is 24.7 Å². The first-order chi connectivity index (χ1) is 26.4. The summed E-state index contributed by atoms with van der Waals surface area (Å²) in [5, 5.41) is 27.9. The Kier molecular flexibility index (Phi) is 11.0. The number of carboxylic acids is 2. The molecule has 1 heterocycles. The summed E-state index contributed by atoms with van der Waals surface area (Å²) in [5.74, 6) is -2.52. The number of nitrogens with zero attached hydrogens (tertiary/aromatic N) is 2. The minimum absolute atomic E-state index is 0.0313. The van der Waals surface area contributed by atoms with E-state index in [-0.39, 0.29) is 22.3 Å². The predicted molar refractivity (Wildman–Crippen MR) is 206 cm³/mol. The Balaban J connectivity index is 0.000000695. The monoisotopic (exact) mass is 771 g/mol. The molecule has 2 aliphatic carbocycles. The average Bonchev–Trinajstić information content (AvgIpc) is 3.59. The third-order valence-corrected chi connectivity index (χ3v) is 11.6. The minimum atomic E-state index is -5.08. The van der Waals surface area contributed by atoms with Gasteiger partial charge in [-0.25, -0.2) is 14.6 Å². The summed E-state index contributed by atoms with van der Waals surface area (Å²) in [6, 6.07) is 26.4. The maximum absolute atomic E-state index is 11.7. The van der Waals surface area contributed by atoms with Gasteiger partial charge in [0.25, 0.3) is 0 Å². The third kappa shape index (κ3) is 7.98. The van der Waals surface area contributed by atoms with Crippen LogP contribution >= 0.6 is 0 Å². The normalized spacial score (nSPS) is 20.4. The molecule has 13 heteroatoms. The highest BCUT2D eigenvalue weighted by Gasteiger charge is 2.52. The van der Waals surface area contributed by atoms with E-state index in [9.17, 15) is 28.1 Å². The van der Waals surface area contributed by atoms with Crippen molar-refractivity contribution in [1.82, 2.24) is 9.97 Å². The quantitative estimate of drug-likeness (QED) is 0.0988. The summed E-state index contributed by atoms with van der Waals surface area (Å²) in [6.45, 7) is 8.85. The van der Waals surface area contributed by atoms with Crippen LogP contribution in [0, 0.1) is 21.4 Å². The average molecular weight is 772 g/mol. The Morgan fingerprint density at radius 3 is 2.36 bits per heavy atom. The number of rotatable bonds is 9. The van der Waals surface area contributed by atoms with Crippen LogP contribution in [0.25, 0.3) is 33.5 Å². The Morgan fingerprint density at radius 2 is 1.71 bits per heavy atom. The summed E-state index contributed by atoms with van der Waals surface area (Å²) >= 11 is 0. The lowest BCUT2D eigenvalue weighted by Crippen LogP contribution is -2.50. The fraction of sp³-hybridized carbons (Fsp3) is 0.372. The predicted octanol–water partition coefficient (Wildman–Crippen LogP) is 10.3. The van der Waals surface area contributed by atoms with Crippen LogP contribution in [0.15, 0.2) is 78.9 Å². The van der Waals surface area contributed by atoms with E-state index in [2.05, 4.69) is 87.3 Å². The van der Waals surface area contributed by atoms with Gasteiger partial charge in [-0.1, -0.05) is 88.7 Å². The van der Waals surface area contributed by atoms with Crippen molar-refractivity contribution < 1.29 is 42.6 Å². The first-order valence-electron chi connectivity index (χ1n) is 18.5. The first-order valence-corrected chi connectivity index (χ1v) is 18.5. The van der Waals surface area contributed by atoms with E-state index in [0.29, 0.717) is 23.2 Å². The number of H-pyrrole nitrogens is 1. The number of halogens is 3. The molecule has 0 saturated heterocycles. The molecule has 294 valence electrons. The lowest BCUT2D eigenvalue weighted by Gasteiger charge is -2.56. The molecule has 0 bridgehead atoms. The molecule has 0 unspecified atom stereocenters. The number of carboxylic acid groups (broad SMARTS) is 2. The highest BCUT2D eigenvalue weighted by atomic mass is 19.4. The SMILES string of the molecule is CC(C)c1ccc2c(c1)CC[C@H]1[C@@](C)(Cc3c(-c4ccccc4)ccc4[nH]c(-c5ccc([N+](=O)[O-])c(OCC(=O)O)c5)nc34)CCC[C@]21C.O=C(O)C(F)(F)F. The van der Waals surface area contributed by atoms with Crippen LogP contribution in [-0.4, -0.2) is 49.8 Å². The van der Waals surface area contributed by atoms with Crippen LogP contribution in [0.4, 0.5) is 18.9 Å². The third-order valence-electron chi connectivity index (χ3n) is 11.6. The molecule has 1 fully saturated rings. The highest BCUT2D eigenvalue weighted by molar-refractivity contribution is 5.89. The molecular weight excluding hydrogens is 727 g/mol. The van der Waals surface area contributed by atoms with Gasteiger partial charge in [0, 0.05) is 11.6 Å². The number of fused-ring (bicyclic) bond motifs is 4. The number of imidazole rings is 1. The Morgan fingerprint density at radius 1 is 1.00 bits per heavy atom. The fourth-order valence-electron chi connectivity index (χ4n) is 9.02. The number of aliphatic carboxylic acids is 2. The molecule has 3 atom stereocenters. The highest BCUT2D eigenvalue weighted by Crippen LogP contribution is 2.59. The number of aromatic amines is 1. The molecule has 0 radical (unpaired) electrons. The Bertz CT molecular complexity index is 2290. The van der Waals surface area contributed by atoms with Crippen molar-refractivity contribution in [1.29, 1.82) is 0 Å². The van der Waals surface area contributed by atoms with Crippen molar-refractivity contribution in [3.63, 3.8) is 0 Å². The van der Waals surface area contributed by atoms with Gasteiger partial charge in [-0.15, -0.1) is 0 Å². The molecule has 2 aliphatic rings. The van der Waals surface area contributed by atoms with E-state index in [0.717, 1.165) is 47.8 Å². The maximum atomic E-state index is 11.7. The molecule has 5 aromatic rings. The maximum Gasteiger partial charge on any atom is 0.490 e. The van der Waals surface area contributed by atoms with Gasteiger partial charge in [0.2, 0.25) is 0 Å². The molecule has 0 amide bonds. The number of hydrogen-bond donors (Lipinski definition) is 3. The summed E-state index contributed by atoms with van der Waals surface area (Å²) in [5.41, 5.74) is 10.1. The summed E-state index contributed by atoms with van der Waals surface area (Å²) in [4.78, 5) is 39.8. The zero-order valence-corrected chi connectivity index (χ0v) is 31.6. The van der Waals surface area contributed by atoms with Crippen LogP contribution < -0.4 is 4.74 Å². The summed E-state index contributed by atoms with van der Waals surface area (Å²) in [7, 11) is 0. The van der Waals surface area contributed by atoms with E-state index in [1.54, 1.807) is 6.07 Å². The molecular formula is C43H44F3N3O7. The second-order valence-corrected chi connectivity index (χ2v) is 15.6. The minimum Gasteiger partial charge on any atom is -0.479 e. The van der Waals surface area contributed by atoms with E-state index in [1.807, 2.05) is 6.07 Å². The second kappa shape index (κ2) is 15.4. The second-order valence-electron chi connectivity index (χ2n) is 15.6. The molecule has 7 rings (SSSR count). The number of nitrogens with one attached hydrogen (secondary N) is 1. The number of aromatic nitrogens is 2. The molecule has 1 aromatic heterocycles. The topological polar surface area (TPSA) is 156 Å². The molecule has 56 heavy (non-hydrogen) atoms. The molecule has 4 aromatic carbocycles. The van der Waals surface area contributed by atoms with Gasteiger partial charge in [0.1, 0.15) is 5.82 Å². The van der Waals surface area contributed by atoms with Crippen LogP contribution in [-0.2, 0) is 27.8 Å². The van der Waals surface area contributed by atoms with Crippen LogP contribution in [0.2, 0.25) is 0 Å². The number of aryl methyl sites for hydroxylation is 1. The van der Waals surface area contributed by atoms with E-state index >= 15 is 0 Å². The first kappa shape index (κ1) is 40.0. The van der Waals surface area contributed by atoms with Crippen LogP contribution in [0.3, 0.4) is 0 Å². The molecule has 0 aliphatic heterocycles. The van der Waals surface area contributed by atoms with Gasteiger partial charge in [-0.05, 0) is 106 Å². The fourth-order valence-corrected chi connectivity index (χ4v) is 9.02. The van der Waals surface area contributed by atoms with Crippen molar-refractivity contribution in [2.75, 3.05) is 6.61 Å². The largest absolute Gasteiger partial charge is 0.490 e. The lowest BCUT2D eigenvalue weighted by atomic mass is 9.48. The summed E-state index contributed by atoms with van der Waals surface area (Å²) < 4.78 is 37.1. The van der Waals surface area contributed by atoms with Crippen LogP contribution in [0.5, 0.6) is 5.75 Å². The lowest BCUT2D eigenvalue weighted by molar-refractivity contribution is -0.385. The van der Waals surface area contributed by atoms with E-state index in [1.165, 1.54) is 47.2 Å². The number of hydrogen-bond acceptors (Lipinski definition) is 6. The van der Waals surface area contributed by atoms with Crippen molar-refractivity contribution in [3.05, 3.63) is 111 Å².